The Labute approximate surface area is 206 Å². The number of aryl methyl sites for hydroxylation is 1. The van der Waals surface area contributed by atoms with Gasteiger partial charge in [-0.2, -0.15) is 4.72 Å². The molecule has 2 atom stereocenters. The summed E-state index contributed by atoms with van der Waals surface area (Å²) in [5.74, 6) is -0.523. The molecule has 2 amide bonds. The molecular formula is C27H29N3O4S. The van der Waals surface area contributed by atoms with E-state index in [2.05, 4.69) is 10.0 Å². The summed E-state index contributed by atoms with van der Waals surface area (Å²) >= 11 is 0. The Balaban J connectivity index is 1.62. The number of anilines is 2. The maximum atomic E-state index is 13.4. The van der Waals surface area contributed by atoms with Crippen molar-refractivity contribution in [3.05, 3.63) is 89.5 Å². The summed E-state index contributed by atoms with van der Waals surface area (Å²) in [6, 6.07) is 20.3. The molecule has 3 aromatic rings. The van der Waals surface area contributed by atoms with Gasteiger partial charge in [0, 0.05) is 24.3 Å². The predicted molar refractivity (Wildman–Crippen MR) is 137 cm³/mol. The number of hydrogen-bond acceptors (Lipinski definition) is 4. The van der Waals surface area contributed by atoms with Crippen LogP contribution in [0.25, 0.3) is 0 Å². The second-order valence-electron chi connectivity index (χ2n) is 8.90. The summed E-state index contributed by atoms with van der Waals surface area (Å²) < 4.78 is 29.4. The zero-order chi connectivity index (χ0) is 25.2. The molecule has 182 valence electrons. The smallest absolute Gasteiger partial charge is 0.242 e. The summed E-state index contributed by atoms with van der Waals surface area (Å²) in [5.41, 5.74) is 3.86. The first-order valence-electron chi connectivity index (χ1n) is 11.5. The molecule has 8 heteroatoms. The van der Waals surface area contributed by atoms with E-state index in [1.54, 1.807) is 23.1 Å². The summed E-state index contributed by atoms with van der Waals surface area (Å²) in [6.45, 7) is 5.31. The van der Waals surface area contributed by atoms with Crippen molar-refractivity contribution in [1.82, 2.24) is 4.72 Å². The first kappa shape index (κ1) is 24.6. The molecule has 7 nitrogen and oxygen atoms in total. The molecule has 1 aliphatic rings. The zero-order valence-electron chi connectivity index (χ0n) is 20.0. The van der Waals surface area contributed by atoms with E-state index in [9.17, 15) is 18.0 Å². The monoisotopic (exact) mass is 491 g/mol. The van der Waals surface area contributed by atoms with Crippen molar-refractivity contribution < 1.29 is 18.0 Å². The molecule has 0 spiro atoms. The summed E-state index contributed by atoms with van der Waals surface area (Å²) in [4.78, 5) is 27.0. The van der Waals surface area contributed by atoms with Crippen molar-refractivity contribution in [1.29, 1.82) is 0 Å². The van der Waals surface area contributed by atoms with Crippen LogP contribution < -0.4 is 14.9 Å². The Kier molecular flexibility index (Phi) is 7.05. The fraction of sp³-hybridized carbons (Fsp3) is 0.259. The molecule has 4 rings (SSSR count). The first-order valence-corrected chi connectivity index (χ1v) is 13.0. The molecule has 0 bridgehead atoms. The lowest BCUT2D eigenvalue weighted by Gasteiger charge is -2.21. The highest BCUT2D eigenvalue weighted by Gasteiger charge is 2.32. The van der Waals surface area contributed by atoms with Crippen LogP contribution in [0.1, 0.15) is 30.5 Å². The van der Waals surface area contributed by atoms with Crippen LogP contribution in [0.4, 0.5) is 11.4 Å². The first-order chi connectivity index (χ1) is 16.7. The topological polar surface area (TPSA) is 95.6 Å². The van der Waals surface area contributed by atoms with Crippen molar-refractivity contribution in [3.63, 3.8) is 0 Å². The molecule has 2 N–H and O–H groups in total. The number of carbonyl (C=O) groups excluding carboxylic acids is 2. The largest absolute Gasteiger partial charge is 0.324 e. The maximum Gasteiger partial charge on any atom is 0.242 e. The number of nitrogens with one attached hydrogen (secondary N) is 2. The van der Waals surface area contributed by atoms with E-state index in [1.165, 1.54) is 13.0 Å². The number of fused-ring (bicyclic) bond motifs is 1. The molecule has 3 aromatic carbocycles. The molecular weight excluding hydrogens is 462 g/mol. The Morgan fingerprint density at radius 2 is 1.71 bits per heavy atom. The molecule has 0 unspecified atom stereocenters. The number of rotatable bonds is 7. The van der Waals surface area contributed by atoms with Crippen molar-refractivity contribution in [2.75, 3.05) is 10.2 Å². The van der Waals surface area contributed by atoms with Gasteiger partial charge < -0.3 is 10.2 Å². The standard InChI is InChI=1S/C27H29N3O4S/c1-18-9-7-8-12-24(18)28-27(32)25(16-21-10-5-4-6-11-21)29-35(33,34)23-13-14-26-22(17-23)15-19(2)30(26)20(3)31/h4-14,17,19,25,29H,15-16H2,1-3H3,(H,28,32)/t19-,25+/m1/s1. The number of nitrogens with zero attached hydrogens (tertiary/aromatic N) is 1. The molecule has 0 fully saturated rings. The van der Waals surface area contributed by atoms with Gasteiger partial charge in [0.1, 0.15) is 6.04 Å². The van der Waals surface area contributed by atoms with Gasteiger partial charge in [-0.15, -0.1) is 0 Å². The van der Waals surface area contributed by atoms with E-state index in [0.29, 0.717) is 12.1 Å². The van der Waals surface area contributed by atoms with Gasteiger partial charge in [0.2, 0.25) is 21.8 Å². The fourth-order valence-corrected chi connectivity index (χ4v) is 5.73. The molecule has 0 radical (unpaired) electrons. The summed E-state index contributed by atoms with van der Waals surface area (Å²) in [7, 11) is -4.02. The Hall–Kier alpha value is -3.49. The Morgan fingerprint density at radius 1 is 1.03 bits per heavy atom. The number of benzene rings is 3. The lowest BCUT2D eigenvalue weighted by molar-refractivity contribution is -0.118. The van der Waals surface area contributed by atoms with E-state index in [1.807, 2.05) is 62.4 Å². The van der Waals surface area contributed by atoms with E-state index < -0.39 is 22.0 Å². The van der Waals surface area contributed by atoms with Gasteiger partial charge in [0.15, 0.2) is 0 Å². The normalized spacial score (nSPS) is 16.0. The highest BCUT2D eigenvalue weighted by atomic mass is 32.2. The Bertz CT molecular complexity index is 1360. The van der Waals surface area contributed by atoms with E-state index in [0.717, 1.165) is 22.4 Å². The van der Waals surface area contributed by atoms with Crippen LogP contribution >= 0.6 is 0 Å². The van der Waals surface area contributed by atoms with Crippen LogP contribution in [-0.4, -0.2) is 32.3 Å². The molecule has 0 saturated carbocycles. The number of amides is 2. The zero-order valence-corrected chi connectivity index (χ0v) is 20.8. The number of carbonyl (C=O) groups is 2. The third-order valence-electron chi connectivity index (χ3n) is 6.22. The van der Waals surface area contributed by atoms with E-state index >= 15 is 0 Å². The molecule has 0 saturated heterocycles. The van der Waals surface area contributed by atoms with Gasteiger partial charge in [0.25, 0.3) is 0 Å². The SMILES string of the molecule is CC(=O)N1c2ccc(S(=O)(=O)N[C@@H](Cc3ccccc3)C(=O)Nc3ccccc3C)cc2C[C@H]1C. The van der Waals surface area contributed by atoms with Crippen LogP contribution in [0.3, 0.4) is 0 Å². The van der Waals surface area contributed by atoms with E-state index in [4.69, 9.17) is 0 Å². The molecule has 0 aliphatic carbocycles. The van der Waals surface area contributed by atoms with Crippen molar-refractivity contribution >= 4 is 33.2 Å². The third-order valence-corrected chi connectivity index (χ3v) is 7.68. The van der Waals surface area contributed by atoms with Gasteiger partial charge in [-0.25, -0.2) is 8.42 Å². The van der Waals surface area contributed by atoms with Crippen LogP contribution in [0, 0.1) is 6.92 Å². The fourth-order valence-electron chi connectivity index (χ4n) is 4.48. The van der Waals surface area contributed by atoms with Gasteiger partial charge in [-0.3, -0.25) is 9.59 Å². The molecule has 1 heterocycles. The lowest BCUT2D eigenvalue weighted by Crippen LogP contribution is -2.45. The van der Waals surface area contributed by atoms with Gasteiger partial charge in [-0.05, 0) is 67.6 Å². The highest BCUT2D eigenvalue weighted by molar-refractivity contribution is 7.89. The molecule has 1 aliphatic heterocycles. The van der Waals surface area contributed by atoms with E-state index in [-0.39, 0.29) is 23.3 Å². The van der Waals surface area contributed by atoms with Gasteiger partial charge in [-0.1, -0.05) is 48.5 Å². The molecule has 35 heavy (non-hydrogen) atoms. The van der Waals surface area contributed by atoms with Gasteiger partial charge in [0.05, 0.1) is 4.90 Å². The maximum absolute atomic E-state index is 13.4. The average Bonchev–Trinajstić information content (AvgIpc) is 3.15. The van der Waals surface area contributed by atoms with Crippen LogP contribution in [0.2, 0.25) is 0 Å². The second kappa shape index (κ2) is 10.0. The van der Waals surface area contributed by atoms with Crippen molar-refractivity contribution in [2.24, 2.45) is 0 Å². The predicted octanol–water partition coefficient (Wildman–Crippen LogP) is 3.82. The second-order valence-corrected chi connectivity index (χ2v) is 10.6. The number of hydrogen-bond donors (Lipinski definition) is 2. The van der Waals surface area contributed by atoms with Crippen molar-refractivity contribution in [2.45, 2.75) is 50.6 Å². The Morgan fingerprint density at radius 3 is 2.40 bits per heavy atom. The average molecular weight is 492 g/mol. The minimum absolute atomic E-state index is 0.0425. The molecule has 0 aromatic heterocycles. The highest BCUT2D eigenvalue weighted by Crippen LogP contribution is 2.34. The summed E-state index contributed by atoms with van der Waals surface area (Å²) in [5, 5.41) is 2.86. The van der Waals surface area contributed by atoms with Crippen LogP contribution in [0.5, 0.6) is 0 Å². The van der Waals surface area contributed by atoms with Crippen LogP contribution in [0.15, 0.2) is 77.7 Å². The quantitative estimate of drug-likeness (QED) is 0.525. The van der Waals surface area contributed by atoms with Gasteiger partial charge >= 0.3 is 0 Å². The lowest BCUT2D eigenvalue weighted by atomic mass is 10.1. The third kappa shape index (κ3) is 5.44. The number of para-hydroxylation sites is 1. The van der Waals surface area contributed by atoms with Crippen molar-refractivity contribution in [3.8, 4) is 0 Å². The summed E-state index contributed by atoms with van der Waals surface area (Å²) in [6.07, 6.45) is 0.761. The number of sulfonamides is 1. The van der Waals surface area contributed by atoms with Crippen LogP contribution in [-0.2, 0) is 32.5 Å². The minimum Gasteiger partial charge on any atom is -0.324 e. The minimum atomic E-state index is -4.02.